The summed E-state index contributed by atoms with van der Waals surface area (Å²) in [6, 6.07) is 19.3. The molecule has 0 aliphatic rings. The van der Waals surface area contributed by atoms with Crippen LogP contribution in [0.5, 0.6) is 0 Å². The summed E-state index contributed by atoms with van der Waals surface area (Å²) < 4.78 is 0.936. The number of nitrogens with zero attached hydrogens (tertiary/aromatic N) is 1. The van der Waals surface area contributed by atoms with Gasteiger partial charge in [-0.05, 0) is 48.9 Å². The summed E-state index contributed by atoms with van der Waals surface area (Å²) in [7, 11) is 0. The first-order valence-electron chi connectivity index (χ1n) is 7.92. The third kappa shape index (κ3) is 4.90. The topological polar surface area (TPSA) is 54.0 Å². The minimum atomic E-state index is -0.180. The molecule has 2 aromatic carbocycles. The summed E-state index contributed by atoms with van der Waals surface area (Å²) >= 11 is 3.35. The number of pyridine rings is 1. The molecule has 1 aromatic heterocycles. The van der Waals surface area contributed by atoms with E-state index in [9.17, 15) is 4.79 Å². The molecule has 0 saturated heterocycles. The zero-order valence-electron chi connectivity index (χ0n) is 13.8. The Labute approximate surface area is 155 Å². The second-order valence-corrected chi connectivity index (χ2v) is 6.65. The number of halogens is 1. The van der Waals surface area contributed by atoms with Gasteiger partial charge in [0.05, 0.1) is 11.9 Å². The van der Waals surface area contributed by atoms with E-state index < -0.39 is 0 Å². The van der Waals surface area contributed by atoms with Gasteiger partial charge in [-0.3, -0.25) is 4.79 Å². The molecule has 0 aliphatic heterocycles. The minimum Gasteiger partial charge on any atom is -0.380 e. The molecule has 126 valence electrons. The Hall–Kier alpha value is -2.66. The van der Waals surface area contributed by atoms with Crippen molar-refractivity contribution in [1.29, 1.82) is 0 Å². The van der Waals surface area contributed by atoms with Gasteiger partial charge in [0.25, 0.3) is 5.91 Å². The van der Waals surface area contributed by atoms with Gasteiger partial charge in [0.1, 0.15) is 5.82 Å². The van der Waals surface area contributed by atoms with Crippen molar-refractivity contribution in [2.75, 3.05) is 10.6 Å². The summed E-state index contributed by atoms with van der Waals surface area (Å²) in [6.07, 6.45) is 1.71. The van der Waals surface area contributed by atoms with Crippen LogP contribution in [0.1, 0.15) is 21.5 Å². The van der Waals surface area contributed by atoms with Crippen molar-refractivity contribution in [3.63, 3.8) is 0 Å². The molecule has 1 amide bonds. The summed E-state index contributed by atoms with van der Waals surface area (Å²) in [5, 5.41) is 6.11. The molecule has 3 rings (SSSR count). The van der Waals surface area contributed by atoms with Crippen molar-refractivity contribution < 1.29 is 4.79 Å². The van der Waals surface area contributed by atoms with Gasteiger partial charge in [0, 0.05) is 16.6 Å². The maximum absolute atomic E-state index is 12.2. The number of nitrogens with one attached hydrogen (secondary N) is 2. The molecule has 0 unspecified atom stereocenters. The zero-order chi connectivity index (χ0) is 17.6. The molecule has 0 saturated carbocycles. The van der Waals surface area contributed by atoms with E-state index in [1.165, 1.54) is 11.1 Å². The van der Waals surface area contributed by atoms with E-state index in [2.05, 4.69) is 62.7 Å². The number of rotatable bonds is 5. The van der Waals surface area contributed by atoms with Crippen LogP contribution in [0.15, 0.2) is 71.3 Å². The monoisotopic (exact) mass is 395 g/mol. The lowest BCUT2D eigenvalue weighted by Crippen LogP contribution is -2.12. The van der Waals surface area contributed by atoms with Crippen LogP contribution in [0, 0.1) is 6.92 Å². The Bertz CT molecular complexity index is 844. The molecular formula is C20H18BrN3O. The predicted octanol–water partition coefficient (Wildman–Crippen LogP) is 5.02. The fourth-order valence-electron chi connectivity index (χ4n) is 2.27. The lowest BCUT2D eigenvalue weighted by atomic mass is 10.1. The lowest BCUT2D eigenvalue weighted by molar-refractivity contribution is 0.102. The molecule has 0 atom stereocenters. The molecule has 3 aromatic rings. The average Bonchev–Trinajstić information content (AvgIpc) is 2.63. The van der Waals surface area contributed by atoms with Crippen LogP contribution in [-0.4, -0.2) is 10.9 Å². The van der Waals surface area contributed by atoms with Gasteiger partial charge < -0.3 is 10.6 Å². The number of benzene rings is 2. The third-order valence-electron chi connectivity index (χ3n) is 3.73. The molecule has 0 bridgehead atoms. The van der Waals surface area contributed by atoms with Gasteiger partial charge in [-0.1, -0.05) is 45.8 Å². The Morgan fingerprint density at radius 3 is 2.36 bits per heavy atom. The summed E-state index contributed by atoms with van der Waals surface area (Å²) in [4.78, 5) is 16.5. The number of carbonyl (C=O) groups excluding carboxylic acids is 1. The number of anilines is 2. The highest BCUT2D eigenvalue weighted by molar-refractivity contribution is 9.10. The van der Waals surface area contributed by atoms with Crippen LogP contribution in [0.4, 0.5) is 11.5 Å². The smallest absolute Gasteiger partial charge is 0.256 e. The van der Waals surface area contributed by atoms with Gasteiger partial charge in [0.15, 0.2) is 0 Å². The van der Waals surface area contributed by atoms with Crippen LogP contribution in [0.25, 0.3) is 0 Å². The van der Waals surface area contributed by atoms with E-state index in [-0.39, 0.29) is 5.91 Å². The lowest BCUT2D eigenvalue weighted by Gasteiger charge is -2.08. The van der Waals surface area contributed by atoms with Crippen LogP contribution >= 0.6 is 15.9 Å². The second kappa shape index (κ2) is 7.94. The molecule has 0 fully saturated rings. The molecule has 0 spiro atoms. The highest BCUT2D eigenvalue weighted by Gasteiger charge is 2.06. The number of aromatic nitrogens is 1. The highest BCUT2D eigenvalue weighted by Crippen LogP contribution is 2.14. The third-order valence-corrected chi connectivity index (χ3v) is 4.26. The molecule has 0 radical (unpaired) electrons. The first-order valence-corrected chi connectivity index (χ1v) is 8.72. The van der Waals surface area contributed by atoms with E-state index in [1.807, 2.05) is 18.2 Å². The summed E-state index contributed by atoms with van der Waals surface area (Å²) in [6.45, 7) is 2.80. The van der Waals surface area contributed by atoms with Crippen LogP contribution < -0.4 is 10.6 Å². The van der Waals surface area contributed by atoms with E-state index in [1.54, 1.807) is 24.4 Å². The van der Waals surface area contributed by atoms with Gasteiger partial charge in [0.2, 0.25) is 0 Å². The fraction of sp³-hybridized carbons (Fsp3) is 0.100. The maximum atomic E-state index is 12.2. The molecule has 1 heterocycles. The number of hydrogen-bond donors (Lipinski definition) is 2. The maximum Gasteiger partial charge on any atom is 0.256 e. The van der Waals surface area contributed by atoms with Gasteiger partial charge in [-0.15, -0.1) is 0 Å². The standard InChI is InChI=1S/C20H18BrN3O/c1-14-2-4-15(5-3-14)12-22-18-10-11-19(23-13-18)24-20(25)16-6-8-17(21)9-7-16/h2-11,13,22H,12H2,1H3,(H,23,24,25). The van der Waals surface area contributed by atoms with Crippen molar-refractivity contribution in [3.8, 4) is 0 Å². The van der Waals surface area contributed by atoms with E-state index in [0.717, 1.165) is 16.7 Å². The van der Waals surface area contributed by atoms with Crippen molar-refractivity contribution in [3.05, 3.63) is 88.0 Å². The SMILES string of the molecule is Cc1ccc(CNc2ccc(NC(=O)c3ccc(Br)cc3)nc2)cc1. The van der Waals surface area contributed by atoms with Gasteiger partial charge >= 0.3 is 0 Å². The Balaban J connectivity index is 1.57. The van der Waals surface area contributed by atoms with Crippen LogP contribution in [-0.2, 0) is 6.54 Å². The zero-order valence-corrected chi connectivity index (χ0v) is 15.4. The minimum absolute atomic E-state index is 0.180. The molecule has 0 aliphatic carbocycles. The van der Waals surface area contributed by atoms with Gasteiger partial charge in [-0.25, -0.2) is 4.98 Å². The Morgan fingerprint density at radius 2 is 1.72 bits per heavy atom. The quantitative estimate of drug-likeness (QED) is 0.637. The predicted molar refractivity (Wildman–Crippen MR) is 105 cm³/mol. The first-order chi connectivity index (χ1) is 12.1. The number of aryl methyl sites for hydroxylation is 1. The van der Waals surface area contributed by atoms with Crippen molar-refractivity contribution in [1.82, 2.24) is 4.98 Å². The summed E-state index contributed by atoms with van der Waals surface area (Å²) in [5.74, 6) is 0.342. The highest BCUT2D eigenvalue weighted by atomic mass is 79.9. The molecule has 25 heavy (non-hydrogen) atoms. The summed E-state index contributed by atoms with van der Waals surface area (Å²) in [5.41, 5.74) is 3.95. The first kappa shape index (κ1) is 17.2. The number of carbonyl (C=O) groups is 1. The Kier molecular flexibility index (Phi) is 5.46. The molecule has 2 N–H and O–H groups in total. The molecular weight excluding hydrogens is 378 g/mol. The van der Waals surface area contributed by atoms with E-state index in [4.69, 9.17) is 0 Å². The van der Waals surface area contributed by atoms with Crippen LogP contribution in [0.3, 0.4) is 0 Å². The number of amides is 1. The van der Waals surface area contributed by atoms with Crippen molar-refractivity contribution in [2.45, 2.75) is 13.5 Å². The van der Waals surface area contributed by atoms with Crippen molar-refractivity contribution in [2.24, 2.45) is 0 Å². The van der Waals surface area contributed by atoms with E-state index >= 15 is 0 Å². The van der Waals surface area contributed by atoms with E-state index in [0.29, 0.717) is 11.4 Å². The van der Waals surface area contributed by atoms with Crippen molar-refractivity contribution >= 4 is 33.3 Å². The molecule has 5 heteroatoms. The molecule has 4 nitrogen and oxygen atoms in total. The van der Waals surface area contributed by atoms with Gasteiger partial charge in [-0.2, -0.15) is 0 Å². The largest absolute Gasteiger partial charge is 0.380 e. The second-order valence-electron chi connectivity index (χ2n) is 5.73. The normalized spacial score (nSPS) is 10.3. The Morgan fingerprint density at radius 1 is 1.00 bits per heavy atom. The fourth-order valence-corrected chi connectivity index (χ4v) is 2.54. The number of hydrogen-bond acceptors (Lipinski definition) is 3. The van der Waals surface area contributed by atoms with Crippen LogP contribution in [0.2, 0.25) is 0 Å². The average molecular weight is 396 g/mol.